The fourth-order valence-electron chi connectivity index (χ4n) is 0.919. The summed E-state index contributed by atoms with van der Waals surface area (Å²) in [4.78, 5) is 0. The molecule has 2 rings (SSSR count). The van der Waals surface area contributed by atoms with Crippen LogP contribution in [0.15, 0.2) is 66.7 Å². The van der Waals surface area contributed by atoms with Crippen molar-refractivity contribution in [2.24, 2.45) is 0 Å². The van der Waals surface area contributed by atoms with Gasteiger partial charge in [-0.25, -0.2) is 0 Å². The molecule has 0 heteroatoms. The Morgan fingerprint density at radius 1 is 0.588 bits per heavy atom. The van der Waals surface area contributed by atoms with Crippen LogP contribution < -0.4 is 0 Å². The van der Waals surface area contributed by atoms with E-state index in [1.165, 1.54) is 18.4 Å². The van der Waals surface area contributed by atoms with Crippen LogP contribution in [-0.4, -0.2) is 0 Å². The van der Waals surface area contributed by atoms with Gasteiger partial charge in [0.05, 0.1) is 0 Å². The molecule has 0 unspecified atom stereocenters. The Bertz CT molecular complexity index is 295. The highest BCUT2D eigenvalue weighted by atomic mass is 13.8. The van der Waals surface area contributed by atoms with Crippen LogP contribution in [-0.2, 0) is 0 Å². The van der Waals surface area contributed by atoms with E-state index in [1.807, 2.05) is 54.6 Å². The molecular formula is C17H24. The Morgan fingerprint density at radius 3 is 1.06 bits per heavy atom. The van der Waals surface area contributed by atoms with Crippen molar-refractivity contribution in [3.05, 3.63) is 72.3 Å². The minimum Gasteiger partial charge on any atom is -0.0654 e. The van der Waals surface area contributed by atoms with E-state index in [0.29, 0.717) is 0 Å². The summed E-state index contributed by atoms with van der Waals surface area (Å²) in [5.41, 5.74) is 1.32. The van der Waals surface area contributed by atoms with Crippen molar-refractivity contribution in [1.29, 1.82) is 0 Å². The van der Waals surface area contributed by atoms with Gasteiger partial charge >= 0.3 is 0 Å². The van der Waals surface area contributed by atoms with Crippen molar-refractivity contribution in [3.63, 3.8) is 0 Å². The predicted octanol–water partition coefficient (Wildman–Crippen LogP) is 5.49. The Morgan fingerprint density at radius 2 is 0.882 bits per heavy atom. The maximum Gasteiger partial charge on any atom is -0.0398 e. The second-order valence-corrected chi connectivity index (χ2v) is 3.81. The normalized spacial score (nSPS) is 8.18. The van der Waals surface area contributed by atoms with Crippen LogP contribution in [0, 0.1) is 6.92 Å². The van der Waals surface area contributed by atoms with Gasteiger partial charge in [-0.15, -0.1) is 0 Å². The summed E-state index contributed by atoms with van der Waals surface area (Å²) >= 11 is 0. The molecule has 2 aromatic rings. The highest BCUT2D eigenvalue weighted by Gasteiger charge is 1.72. The van der Waals surface area contributed by atoms with E-state index in [-0.39, 0.29) is 0 Å². The third-order valence-corrected chi connectivity index (χ3v) is 2.11. The van der Waals surface area contributed by atoms with Crippen molar-refractivity contribution < 1.29 is 0 Å². The van der Waals surface area contributed by atoms with E-state index in [4.69, 9.17) is 0 Å². The molecule has 0 aromatic heterocycles. The number of benzene rings is 2. The highest BCUT2D eigenvalue weighted by Crippen LogP contribution is 1.92. The maximum absolute atomic E-state index is 2.18. The highest BCUT2D eigenvalue weighted by molar-refractivity contribution is 5.11. The summed E-state index contributed by atoms with van der Waals surface area (Å²) in [6.07, 6.45) is 2.64. The molecule has 0 saturated carbocycles. The summed E-state index contributed by atoms with van der Waals surface area (Å²) in [5, 5.41) is 0. The van der Waals surface area contributed by atoms with Crippen molar-refractivity contribution >= 4 is 0 Å². The number of hydrogen-bond donors (Lipinski definition) is 0. The van der Waals surface area contributed by atoms with Gasteiger partial charge < -0.3 is 0 Å². The zero-order chi connectivity index (χ0) is 12.8. The van der Waals surface area contributed by atoms with Crippen LogP contribution in [0.3, 0.4) is 0 Å². The van der Waals surface area contributed by atoms with Gasteiger partial charge in [-0.1, -0.05) is 99.0 Å². The van der Waals surface area contributed by atoms with Gasteiger partial charge in [-0.05, 0) is 6.92 Å². The summed E-state index contributed by atoms with van der Waals surface area (Å²) in [6.45, 7) is 6.44. The second kappa shape index (κ2) is 12.5. The van der Waals surface area contributed by atoms with Gasteiger partial charge in [0.1, 0.15) is 0 Å². The van der Waals surface area contributed by atoms with E-state index in [9.17, 15) is 0 Å². The largest absolute Gasteiger partial charge is 0.0654 e. The first-order valence-electron chi connectivity index (χ1n) is 6.32. The molecule has 17 heavy (non-hydrogen) atoms. The van der Waals surface area contributed by atoms with Crippen LogP contribution in [0.4, 0.5) is 0 Å². The van der Waals surface area contributed by atoms with Crippen LogP contribution in [0.5, 0.6) is 0 Å². The first kappa shape index (κ1) is 15.4. The Balaban J connectivity index is 0.000000236. The molecule has 0 bridgehead atoms. The van der Waals surface area contributed by atoms with Gasteiger partial charge in [0, 0.05) is 0 Å². The standard InChI is InChI=1S/C7H8.C6H6.C4H10/c1-7-5-3-2-4-6-7;1-2-4-6-5-3-1;1-3-4-2/h2-6H,1H3;1-6H;3-4H2,1-2H3. The molecule has 0 amide bonds. The third-order valence-electron chi connectivity index (χ3n) is 2.11. The fourth-order valence-corrected chi connectivity index (χ4v) is 0.919. The SMILES string of the molecule is CCCC.Cc1ccccc1.c1ccccc1. The molecule has 0 aliphatic carbocycles. The lowest BCUT2D eigenvalue weighted by Crippen LogP contribution is -1.62. The molecule has 92 valence electrons. The quantitative estimate of drug-likeness (QED) is 0.605. The number of hydrogen-bond acceptors (Lipinski definition) is 0. The lowest BCUT2D eigenvalue weighted by molar-refractivity contribution is 0.886. The van der Waals surface area contributed by atoms with Crippen molar-refractivity contribution in [2.45, 2.75) is 33.6 Å². The second-order valence-electron chi connectivity index (χ2n) is 3.81. The van der Waals surface area contributed by atoms with Crippen molar-refractivity contribution in [1.82, 2.24) is 0 Å². The summed E-state index contributed by atoms with van der Waals surface area (Å²) in [7, 11) is 0. The summed E-state index contributed by atoms with van der Waals surface area (Å²) < 4.78 is 0. The molecule has 0 spiro atoms. The topological polar surface area (TPSA) is 0 Å². The average Bonchev–Trinajstić information content (AvgIpc) is 2.43. The van der Waals surface area contributed by atoms with Crippen LogP contribution in [0.2, 0.25) is 0 Å². The van der Waals surface area contributed by atoms with Crippen LogP contribution in [0.25, 0.3) is 0 Å². The van der Waals surface area contributed by atoms with E-state index in [1.54, 1.807) is 0 Å². The van der Waals surface area contributed by atoms with Crippen molar-refractivity contribution in [3.8, 4) is 0 Å². The lowest BCUT2D eigenvalue weighted by Gasteiger charge is -1.82. The number of rotatable bonds is 1. The minimum atomic E-state index is 1.32. The number of aryl methyl sites for hydroxylation is 1. The molecule has 0 aliphatic heterocycles. The summed E-state index contributed by atoms with van der Waals surface area (Å²) in [6, 6.07) is 22.3. The van der Waals surface area contributed by atoms with Gasteiger partial charge in [-0.2, -0.15) is 0 Å². The smallest absolute Gasteiger partial charge is 0.0398 e. The van der Waals surface area contributed by atoms with Crippen LogP contribution in [0.1, 0.15) is 32.3 Å². The van der Waals surface area contributed by atoms with E-state index in [2.05, 4.69) is 32.9 Å². The number of unbranched alkanes of at least 4 members (excludes halogenated alkanes) is 1. The first-order chi connectivity index (χ1) is 8.31. The van der Waals surface area contributed by atoms with Crippen molar-refractivity contribution in [2.75, 3.05) is 0 Å². The van der Waals surface area contributed by atoms with Gasteiger partial charge in [0.25, 0.3) is 0 Å². The molecule has 0 nitrogen and oxygen atoms in total. The zero-order valence-electron chi connectivity index (χ0n) is 11.3. The molecular weight excluding hydrogens is 204 g/mol. The molecule has 0 radical (unpaired) electrons. The monoisotopic (exact) mass is 228 g/mol. The Kier molecular flexibility index (Phi) is 11.4. The molecule has 2 aromatic carbocycles. The molecule has 0 aliphatic rings. The third kappa shape index (κ3) is 12.4. The van der Waals surface area contributed by atoms with Gasteiger partial charge in [0.15, 0.2) is 0 Å². The van der Waals surface area contributed by atoms with Crippen LogP contribution >= 0.6 is 0 Å². The molecule has 0 atom stereocenters. The average molecular weight is 228 g/mol. The van der Waals surface area contributed by atoms with E-state index >= 15 is 0 Å². The van der Waals surface area contributed by atoms with E-state index in [0.717, 1.165) is 0 Å². The summed E-state index contributed by atoms with van der Waals surface area (Å²) in [5.74, 6) is 0. The molecule has 0 fully saturated rings. The predicted molar refractivity (Wildman–Crippen MR) is 78.2 cm³/mol. The van der Waals surface area contributed by atoms with Gasteiger partial charge in [0.2, 0.25) is 0 Å². The maximum atomic E-state index is 2.18. The minimum absolute atomic E-state index is 1.32. The first-order valence-corrected chi connectivity index (χ1v) is 6.32. The fraction of sp³-hybridized carbons (Fsp3) is 0.294. The Labute approximate surface area is 106 Å². The Hall–Kier alpha value is -1.56. The lowest BCUT2D eigenvalue weighted by atomic mass is 10.2. The molecule has 0 saturated heterocycles. The molecule has 0 heterocycles. The van der Waals surface area contributed by atoms with E-state index < -0.39 is 0 Å². The zero-order valence-corrected chi connectivity index (χ0v) is 11.3. The van der Waals surface area contributed by atoms with Gasteiger partial charge in [-0.3, -0.25) is 0 Å². The molecule has 0 N–H and O–H groups in total.